The minimum atomic E-state index is 0.415. The Morgan fingerprint density at radius 3 is 2.89 bits per heavy atom. The van der Waals surface area contributed by atoms with E-state index in [0.29, 0.717) is 12.0 Å². The maximum absolute atomic E-state index is 5.40. The molecule has 0 saturated heterocycles. The fraction of sp³-hybridized carbons (Fsp3) is 0.467. The molecule has 1 atom stereocenters. The van der Waals surface area contributed by atoms with Crippen molar-refractivity contribution in [3.8, 4) is 0 Å². The summed E-state index contributed by atoms with van der Waals surface area (Å²) in [6, 6.07) is 9.38. The summed E-state index contributed by atoms with van der Waals surface area (Å²) < 4.78 is 3.06. The number of benzene rings is 1. The van der Waals surface area contributed by atoms with Crippen molar-refractivity contribution < 1.29 is 0 Å². The second-order valence-electron chi connectivity index (χ2n) is 5.63. The molecule has 2 aromatic rings. The summed E-state index contributed by atoms with van der Waals surface area (Å²) in [5, 5.41) is 7.55. The third-order valence-electron chi connectivity index (χ3n) is 4.32. The molecule has 19 heavy (non-hydrogen) atoms. The Morgan fingerprint density at radius 1 is 1.21 bits per heavy atom. The van der Waals surface area contributed by atoms with Crippen LogP contribution < -0.4 is 0 Å². The van der Waals surface area contributed by atoms with Crippen molar-refractivity contribution in [3.63, 3.8) is 0 Å². The first-order valence-corrected chi connectivity index (χ1v) is 7.50. The average Bonchev–Trinajstić information content (AvgIpc) is 3.21. The van der Waals surface area contributed by atoms with Crippen LogP contribution in [-0.2, 0) is 6.42 Å². The molecule has 1 N–H and O–H groups in total. The third-order valence-corrected chi connectivity index (χ3v) is 4.61. The molecule has 0 radical (unpaired) electrons. The van der Waals surface area contributed by atoms with Crippen molar-refractivity contribution in [2.75, 3.05) is 0 Å². The Labute approximate surface area is 117 Å². The summed E-state index contributed by atoms with van der Waals surface area (Å²) in [5.41, 5.74) is 2.93. The van der Waals surface area contributed by atoms with E-state index in [2.05, 4.69) is 39.0 Å². The van der Waals surface area contributed by atoms with Crippen molar-refractivity contribution >= 4 is 12.2 Å². The van der Waals surface area contributed by atoms with E-state index in [1.807, 2.05) is 0 Å². The zero-order chi connectivity index (χ0) is 12.8. The lowest BCUT2D eigenvalue weighted by Crippen LogP contribution is -2.15. The molecule has 4 heteroatoms. The zero-order valence-corrected chi connectivity index (χ0v) is 11.6. The summed E-state index contributed by atoms with van der Waals surface area (Å²) in [6.07, 6.45) is 6.11. The number of aryl methyl sites for hydroxylation is 1. The van der Waals surface area contributed by atoms with Crippen LogP contribution in [0.3, 0.4) is 0 Å². The lowest BCUT2D eigenvalue weighted by atomic mass is 9.82. The molecule has 0 spiro atoms. The Hall–Kier alpha value is -1.42. The summed E-state index contributed by atoms with van der Waals surface area (Å²) in [4.78, 5) is 0. The Balaban J connectivity index is 1.84. The molecule has 2 aliphatic carbocycles. The van der Waals surface area contributed by atoms with Crippen LogP contribution in [0.15, 0.2) is 24.3 Å². The molecule has 1 unspecified atom stereocenters. The van der Waals surface area contributed by atoms with Crippen molar-refractivity contribution in [1.29, 1.82) is 0 Å². The highest BCUT2D eigenvalue weighted by Gasteiger charge is 2.32. The van der Waals surface area contributed by atoms with E-state index >= 15 is 0 Å². The largest absolute Gasteiger partial charge is 0.301 e. The molecule has 1 aromatic heterocycles. The quantitative estimate of drug-likeness (QED) is 0.844. The first-order valence-electron chi connectivity index (χ1n) is 7.09. The molecule has 1 aromatic carbocycles. The van der Waals surface area contributed by atoms with Gasteiger partial charge in [0, 0.05) is 12.0 Å². The van der Waals surface area contributed by atoms with Crippen LogP contribution >= 0.6 is 12.2 Å². The molecule has 3 nitrogen and oxygen atoms in total. The predicted molar refractivity (Wildman–Crippen MR) is 76.9 cm³/mol. The number of aromatic nitrogens is 3. The highest BCUT2D eigenvalue weighted by Crippen LogP contribution is 2.41. The minimum Gasteiger partial charge on any atom is -0.301 e. The van der Waals surface area contributed by atoms with Crippen molar-refractivity contribution in [2.24, 2.45) is 0 Å². The first kappa shape index (κ1) is 11.4. The van der Waals surface area contributed by atoms with E-state index in [4.69, 9.17) is 12.2 Å². The van der Waals surface area contributed by atoms with Crippen LogP contribution in [0.2, 0.25) is 0 Å². The normalized spacial score (nSPS) is 22.2. The van der Waals surface area contributed by atoms with Crippen LogP contribution in [0.25, 0.3) is 0 Å². The number of aromatic amines is 1. The molecule has 1 fully saturated rings. The van der Waals surface area contributed by atoms with Gasteiger partial charge in [0.1, 0.15) is 5.82 Å². The van der Waals surface area contributed by atoms with Gasteiger partial charge in [-0.05, 0) is 55.4 Å². The van der Waals surface area contributed by atoms with Crippen LogP contribution in [0, 0.1) is 4.77 Å². The fourth-order valence-electron chi connectivity index (χ4n) is 3.27. The second kappa shape index (κ2) is 4.30. The number of nitrogens with zero attached hydrogens (tertiary/aromatic N) is 2. The van der Waals surface area contributed by atoms with E-state index in [1.54, 1.807) is 0 Å². The smallest absolute Gasteiger partial charge is 0.195 e. The lowest BCUT2D eigenvalue weighted by molar-refractivity contribution is 0.552. The van der Waals surface area contributed by atoms with Gasteiger partial charge in [0.05, 0.1) is 0 Å². The summed E-state index contributed by atoms with van der Waals surface area (Å²) >= 11 is 5.40. The lowest BCUT2D eigenvalue weighted by Gasteiger charge is -2.25. The number of nitrogens with one attached hydrogen (secondary N) is 1. The summed E-state index contributed by atoms with van der Waals surface area (Å²) in [7, 11) is 0. The van der Waals surface area contributed by atoms with Gasteiger partial charge in [0.2, 0.25) is 0 Å². The number of fused-ring (bicyclic) bond motifs is 1. The van der Waals surface area contributed by atoms with Gasteiger partial charge < -0.3 is 4.57 Å². The number of hydrogen-bond acceptors (Lipinski definition) is 2. The highest BCUT2D eigenvalue weighted by molar-refractivity contribution is 7.71. The molecule has 98 valence electrons. The van der Waals surface area contributed by atoms with Crippen LogP contribution in [0.5, 0.6) is 0 Å². The third kappa shape index (κ3) is 1.86. The van der Waals surface area contributed by atoms with Gasteiger partial charge in [0.15, 0.2) is 4.77 Å². The number of H-pyrrole nitrogens is 1. The summed E-state index contributed by atoms with van der Waals surface area (Å²) in [5.74, 6) is 1.57. The second-order valence-corrected chi connectivity index (χ2v) is 6.02. The van der Waals surface area contributed by atoms with Crippen molar-refractivity contribution in [3.05, 3.63) is 46.0 Å². The van der Waals surface area contributed by atoms with Gasteiger partial charge >= 0.3 is 0 Å². The Bertz CT molecular complexity index is 666. The standard InChI is InChI=1S/C15H17N3S/c19-15-17-16-14(18(15)11-8-9-11)13-7-3-5-10-4-1-2-6-12(10)13/h1-2,4,6,11,13H,3,5,7-9H2,(H,17,19). The summed E-state index contributed by atoms with van der Waals surface area (Å²) in [6.45, 7) is 0. The van der Waals surface area contributed by atoms with Crippen LogP contribution in [0.1, 0.15) is 54.6 Å². The van der Waals surface area contributed by atoms with E-state index in [-0.39, 0.29) is 0 Å². The van der Waals surface area contributed by atoms with E-state index in [9.17, 15) is 0 Å². The Kier molecular flexibility index (Phi) is 2.58. The fourth-order valence-corrected chi connectivity index (χ4v) is 3.56. The molecule has 1 saturated carbocycles. The van der Waals surface area contributed by atoms with Gasteiger partial charge in [-0.2, -0.15) is 5.10 Å². The van der Waals surface area contributed by atoms with Crippen molar-refractivity contribution in [1.82, 2.24) is 14.8 Å². The topological polar surface area (TPSA) is 33.6 Å². The van der Waals surface area contributed by atoms with Gasteiger partial charge in [-0.25, -0.2) is 0 Å². The molecule has 0 bridgehead atoms. The number of rotatable bonds is 2. The van der Waals surface area contributed by atoms with Gasteiger partial charge in [-0.15, -0.1) is 0 Å². The van der Waals surface area contributed by atoms with Gasteiger partial charge in [-0.3, -0.25) is 5.10 Å². The molecule has 0 amide bonds. The molecular formula is C15H17N3S. The predicted octanol–water partition coefficient (Wildman–Crippen LogP) is 3.74. The van der Waals surface area contributed by atoms with Crippen LogP contribution in [-0.4, -0.2) is 14.8 Å². The zero-order valence-electron chi connectivity index (χ0n) is 10.8. The monoisotopic (exact) mass is 271 g/mol. The molecule has 4 rings (SSSR count). The SMILES string of the molecule is S=c1[nH]nc(C2CCCc3ccccc32)n1C1CC1. The van der Waals surface area contributed by atoms with E-state index in [1.165, 1.54) is 43.2 Å². The average molecular weight is 271 g/mol. The first-order chi connectivity index (χ1) is 9.34. The minimum absolute atomic E-state index is 0.415. The molecule has 2 aliphatic rings. The van der Waals surface area contributed by atoms with Gasteiger partial charge in [0.25, 0.3) is 0 Å². The number of hydrogen-bond donors (Lipinski definition) is 1. The molecule has 1 heterocycles. The maximum atomic E-state index is 5.40. The Morgan fingerprint density at radius 2 is 2.05 bits per heavy atom. The van der Waals surface area contributed by atoms with E-state index < -0.39 is 0 Å². The van der Waals surface area contributed by atoms with Crippen molar-refractivity contribution in [2.45, 2.75) is 44.1 Å². The highest BCUT2D eigenvalue weighted by atomic mass is 32.1. The van der Waals surface area contributed by atoms with Gasteiger partial charge in [-0.1, -0.05) is 24.3 Å². The molecular weight excluding hydrogens is 254 g/mol. The van der Waals surface area contributed by atoms with Crippen LogP contribution in [0.4, 0.5) is 0 Å². The van der Waals surface area contributed by atoms with E-state index in [0.717, 1.165) is 10.6 Å². The maximum Gasteiger partial charge on any atom is 0.195 e. The molecule has 0 aliphatic heterocycles.